The van der Waals surface area contributed by atoms with Crippen molar-refractivity contribution < 1.29 is 14.7 Å². The van der Waals surface area contributed by atoms with Crippen LogP contribution in [0.15, 0.2) is 47.6 Å². The Morgan fingerprint density at radius 2 is 1.90 bits per heavy atom. The predicted molar refractivity (Wildman–Crippen MR) is 85.9 cm³/mol. The van der Waals surface area contributed by atoms with Crippen molar-refractivity contribution in [3.8, 4) is 11.5 Å². The molecular weight excluding hydrogens is 369 g/mol. The third-order valence-corrected chi connectivity index (χ3v) is 3.42. The SMILES string of the molecule is COc1cc(/C=N\O)ccc1OCc1ccc(I)cc1. The van der Waals surface area contributed by atoms with Crippen molar-refractivity contribution >= 4 is 28.8 Å². The summed E-state index contributed by atoms with van der Waals surface area (Å²) in [5.41, 5.74) is 1.83. The Kier molecular flexibility index (Phi) is 5.23. The summed E-state index contributed by atoms with van der Waals surface area (Å²) in [7, 11) is 1.58. The van der Waals surface area contributed by atoms with Crippen LogP contribution in [0.2, 0.25) is 0 Å². The molecule has 0 amide bonds. The lowest BCUT2D eigenvalue weighted by Gasteiger charge is -2.11. The third-order valence-electron chi connectivity index (χ3n) is 2.70. The summed E-state index contributed by atoms with van der Waals surface area (Å²) in [5, 5.41) is 11.5. The van der Waals surface area contributed by atoms with E-state index in [2.05, 4.69) is 27.7 Å². The monoisotopic (exact) mass is 383 g/mol. The van der Waals surface area contributed by atoms with E-state index < -0.39 is 0 Å². The highest BCUT2D eigenvalue weighted by Crippen LogP contribution is 2.28. The molecule has 0 aliphatic carbocycles. The van der Waals surface area contributed by atoms with Crippen LogP contribution >= 0.6 is 22.6 Å². The number of methoxy groups -OCH3 is 1. The maximum absolute atomic E-state index is 8.52. The van der Waals surface area contributed by atoms with Gasteiger partial charge < -0.3 is 14.7 Å². The molecule has 2 aromatic carbocycles. The molecule has 1 N–H and O–H groups in total. The highest BCUT2D eigenvalue weighted by Gasteiger charge is 2.05. The predicted octanol–water partition coefficient (Wildman–Crippen LogP) is 3.69. The number of hydrogen-bond donors (Lipinski definition) is 1. The summed E-state index contributed by atoms with van der Waals surface area (Å²) >= 11 is 2.27. The summed E-state index contributed by atoms with van der Waals surface area (Å²) in [6.07, 6.45) is 1.34. The van der Waals surface area contributed by atoms with Gasteiger partial charge in [-0.2, -0.15) is 0 Å². The van der Waals surface area contributed by atoms with E-state index in [9.17, 15) is 0 Å². The van der Waals surface area contributed by atoms with Crippen LogP contribution in [-0.4, -0.2) is 18.5 Å². The first-order chi connectivity index (χ1) is 9.72. The van der Waals surface area contributed by atoms with Gasteiger partial charge in [0.05, 0.1) is 13.3 Å². The maximum Gasteiger partial charge on any atom is 0.161 e. The Balaban J connectivity index is 2.10. The molecule has 0 saturated carbocycles. The van der Waals surface area contributed by atoms with Gasteiger partial charge in [0.1, 0.15) is 6.61 Å². The third kappa shape index (κ3) is 3.86. The van der Waals surface area contributed by atoms with Gasteiger partial charge >= 0.3 is 0 Å². The number of rotatable bonds is 5. The molecule has 0 saturated heterocycles. The molecule has 0 aliphatic rings. The molecule has 0 atom stereocenters. The van der Waals surface area contributed by atoms with Crippen LogP contribution in [0.1, 0.15) is 11.1 Å². The molecule has 2 aromatic rings. The van der Waals surface area contributed by atoms with E-state index in [1.807, 2.05) is 24.3 Å². The quantitative estimate of drug-likeness (QED) is 0.371. The average Bonchev–Trinajstić information content (AvgIpc) is 2.47. The minimum absolute atomic E-state index is 0.473. The van der Waals surface area contributed by atoms with E-state index in [4.69, 9.17) is 14.7 Å². The molecule has 0 radical (unpaired) electrons. The smallest absolute Gasteiger partial charge is 0.161 e. The first-order valence-electron chi connectivity index (χ1n) is 5.95. The van der Waals surface area contributed by atoms with Crippen LogP contribution in [0, 0.1) is 3.57 Å². The first kappa shape index (κ1) is 14.6. The minimum Gasteiger partial charge on any atom is -0.493 e. The van der Waals surface area contributed by atoms with Crippen molar-refractivity contribution in [1.29, 1.82) is 0 Å². The van der Waals surface area contributed by atoms with Gasteiger partial charge in [-0.15, -0.1) is 0 Å². The van der Waals surface area contributed by atoms with Gasteiger partial charge in [-0.1, -0.05) is 17.3 Å². The fourth-order valence-electron chi connectivity index (χ4n) is 1.69. The van der Waals surface area contributed by atoms with E-state index in [1.54, 1.807) is 25.3 Å². The average molecular weight is 383 g/mol. The van der Waals surface area contributed by atoms with Crippen LogP contribution in [0.5, 0.6) is 11.5 Å². The Morgan fingerprint density at radius 3 is 2.55 bits per heavy atom. The van der Waals surface area contributed by atoms with Crippen LogP contribution in [0.3, 0.4) is 0 Å². The molecule has 0 aliphatic heterocycles. The Bertz CT molecular complexity index is 597. The summed E-state index contributed by atoms with van der Waals surface area (Å²) < 4.78 is 12.2. The van der Waals surface area contributed by atoms with E-state index >= 15 is 0 Å². The van der Waals surface area contributed by atoms with Crippen LogP contribution in [0.4, 0.5) is 0 Å². The number of halogens is 1. The van der Waals surface area contributed by atoms with Gasteiger partial charge in [0.15, 0.2) is 11.5 Å². The van der Waals surface area contributed by atoms with E-state index in [1.165, 1.54) is 9.78 Å². The molecule has 0 heterocycles. The molecule has 0 aromatic heterocycles. The number of ether oxygens (including phenoxy) is 2. The maximum atomic E-state index is 8.52. The number of benzene rings is 2. The van der Waals surface area contributed by atoms with Gasteiger partial charge in [0.25, 0.3) is 0 Å². The topological polar surface area (TPSA) is 51.0 Å². The minimum atomic E-state index is 0.473. The molecule has 0 unspecified atom stereocenters. The first-order valence-corrected chi connectivity index (χ1v) is 7.03. The lowest BCUT2D eigenvalue weighted by molar-refractivity contribution is 0.284. The van der Waals surface area contributed by atoms with Crippen molar-refractivity contribution in [2.45, 2.75) is 6.61 Å². The summed E-state index contributed by atoms with van der Waals surface area (Å²) in [6.45, 7) is 0.473. The van der Waals surface area contributed by atoms with Crippen molar-refractivity contribution in [3.05, 3.63) is 57.2 Å². The van der Waals surface area contributed by atoms with Crippen LogP contribution < -0.4 is 9.47 Å². The zero-order chi connectivity index (χ0) is 14.4. The highest BCUT2D eigenvalue weighted by atomic mass is 127. The van der Waals surface area contributed by atoms with E-state index in [0.29, 0.717) is 18.1 Å². The molecule has 0 spiro atoms. The van der Waals surface area contributed by atoms with Gasteiger partial charge in [0.2, 0.25) is 0 Å². The molecule has 104 valence electrons. The van der Waals surface area contributed by atoms with Gasteiger partial charge in [0, 0.05) is 9.13 Å². The number of hydrogen-bond acceptors (Lipinski definition) is 4. The molecular formula is C15H14INO3. The molecule has 2 rings (SSSR count). The standard InChI is InChI=1S/C15H14INO3/c1-19-15-8-12(9-17-18)4-7-14(15)20-10-11-2-5-13(16)6-3-11/h2-9,18H,10H2,1H3/b17-9-. The summed E-state index contributed by atoms with van der Waals surface area (Å²) in [4.78, 5) is 0. The second-order valence-corrected chi connectivity index (χ2v) is 5.32. The molecule has 5 heteroatoms. The second kappa shape index (κ2) is 7.14. The summed E-state index contributed by atoms with van der Waals surface area (Å²) in [5.74, 6) is 1.26. The Morgan fingerprint density at radius 1 is 1.15 bits per heavy atom. The lowest BCUT2D eigenvalue weighted by Crippen LogP contribution is -1.98. The van der Waals surface area contributed by atoms with E-state index in [0.717, 1.165) is 11.1 Å². The lowest BCUT2D eigenvalue weighted by atomic mass is 10.2. The normalized spacial score (nSPS) is 10.7. The zero-order valence-electron chi connectivity index (χ0n) is 10.9. The van der Waals surface area contributed by atoms with E-state index in [-0.39, 0.29) is 0 Å². The molecule has 0 fully saturated rings. The molecule has 4 nitrogen and oxygen atoms in total. The van der Waals surface area contributed by atoms with Crippen molar-refractivity contribution in [2.24, 2.45) is 5.16 Å². The Labute approximate surface area is 131 Å². The van der Waals surface area contributed by atoms with Crippen LogP contribution in [0.25, 0.3) is 0 Å². The van der Waals surface area contributed by atoms with Crippen molar-refractivity contribution in [2.75, 3.05) is 7.11 Å². The fraction of sp³-hybridized carbons (Fsp3) is 0.133. The molecule has 0 bridgehead atoms. The molecule has 20 heavy (non-hydrogen) atoms. The number of oxime groups is 1. The van der Waals surface area contributed by atoms with Gasteiger partial charge in [-0.3, -0.25) is 0 Å². The highest BCUT2D eigenvalue weighted by molar-refractivity contribution is 14.1. The largest absolute Gasteiger partial charge is 0.493 e. The zero-order valence-corrected chi connectivity index (χ0v) is 13.1. The second-order valence-electron chi connectivity index (χ2n) is 4.07. The van der Waals surface area contributed by atoms with Gasteiger partial charge in [-0.25, -0.2) is 0 Å². The van der Waals surface area contributed by atoms with Crippen molar-refractivity contribution in [3.63, 3.8) is 0 Å². The van der Waals surface area contributed by atoms with Crippen molar-refractivity contribution in [1.82, 2.24) is 0 Å². The fourth-order valence-corrected chi connectivity index (χ4v) is 2.05. The number of nitrogens with zero attached hydrogens (tertiary/aromatic N) is 1. The van der Waals surface area contributed by atoms with Gasteiger partial charge in [-0.05, 0) is 58.5 Å². The van der Waals surface area contributed by atoms with Crippen LogP contribution in [-0.2, 0) is 6.61 Å². The summed E-state index contributed by atoms with van der Waals surface area (Å²) in [6, 6.07) is 13.5. The Hall–Kier alpha value is -1.76.